The van der Waals surface area contributed by atoms with Gasteiger partial charge in [0.15, 0.2) is 12.4 Å². The second-order valence-corrected chi connectivity index (χ2v) is 12.6. The molecule has 2 heterocycles. The van der Waals surface area contributed by atoms with E-state index in [1.165, 1.54) is 80.4 Å². The van der Waals surface area contributed by atoms with Crippen molar-refractivity contribution in [3.63, 3.8) is 0 Å². The number of hydrogen-bond donors (Lipinski definition) is 2. The molecular weight excluding hydrogens is 725 g/mol. The van der Waals surface area contributed by atoms with Crippen molar-refractivity contribution in [1.29, 1.82) is 0 Å². The normalized spacial score (nSPS) is 14.1. The fourth-order valence-electron chi connectivity index (χ4n) is 5.80. The molecule has 11 nitrogen and oxygen atoms in total. The van der Waals surface area contributed by atoms with Gasteiger partial charge in [-0.2, -0.15) is 0 Å². The molecule has 2 unspecified atom stereocenters. The molecule has 274 valence electrons. The molecule has 5 amide bonds. The first kappa shape index (κ1) is 43.5. The van der Waals surface area contributed by atoms with Gasteiger partial charge in [0.1, 0.15) is 18.7 Å². The van der Waals surface area contributed by atoms with Gasteiger partial charge < -0.3 is 49.0 Å². The van der Waals surface area contributed by atoms with Crippen molar-refractivity contribution in [2.24, 2.45) is 0 Å². The van der Waals surface area contributed by atoms with Crippen molar-refractivity contribution in [3.05, 3.63) is 30.1 Å². The number of aromatic nitrogens is 1. The summed E-state index contributed by atoms with van der Waals surface area (Å²) in [5.74, 6) is -0.533. The van der Waals surface area contributed by atoms with E-state index in [9.17, 15) is 19.2 Å². The number of methoxy groups -OCH3 is 1. The van der Waals surface area contributed by atoms with E-state index >= 15 is 0 Å². The average molecular weight is 788 g/mol. The third-order valence-electron chi connectivity index (χ3n) is 8.90. The number of alkyl carbamates (subject to hydrolysis) is 1. The first-order valence-corrected chi connectivity index (χ1v) is 18.1. The SMILES string of the molecule is CCCCCCCCCCCCCCCC(NC(=O)OCCCN1C(=O)CN(CCNC(=O)c2ccc[n+](CC)c2)C1=O)C(C)OC.[I-]. The topological polar surface area (TPSA) is 121 Å². The first-order chi connectivity index (χ1) is 22.8. The first-order valence-electron chi connectivity index (χ1n) is 18.1. The molecule has 0 saturated carbocycles. The van der Waals surface area contributed by atoms with Gasteiger partial charge in [-0.1, -0.05) is 90.4 Å². The Morgan fingerprint density at radius 3 is 2.15 bits per heavy atom. The highest BCUT2D eigenvalue weighted by molar-refractivity contribution is 6.02. The Morgan fingerprint density at radius 1 is 0.917 bits per heavy atom. The van der Waals surface area contributed by atoms with E-state index in [1.807, 2.05) is 30.7 Å². The van der Waals surface area contributed by atoms with Gasteiger partial charge in [0.25, 0.3) is 5.91 Å². The van der Waals surface area contributed by atoms with Gasteiger partial charge in [-0.15, -0.1) is 0 Å². The van der Waals surface area contributed by atoms with Gasteiger partial charge in [-0.25, -0.2) is 14.2 Å². The lowest BCUT2D eigenvalue weighted by molar-refractivity contribution is -0.693. The van der Waals surface area contributed by atoms with Gasteiger partial charge in [-0.3, -0.25) is 14.5 Å². The molecule has 1 aromatic rings. The van der Waals surface area contributed by atoms with E-state index in [0.29, 0.717) is 12.0 Å². The summed E-state index contributed by atoms with van der Waals surface area (Å²) in [6.07, 6.45) is 20.9. The van der Waals surface area contributed by atoms with Gasteiger partial charge >= 0.3 is 12.1 Å². The molecule has 2 rings (SSSR count). The van der Waals surface area contributed by atoms with E-state index in [0.717, 1.165) is 25.8 Å². The van der Waals surface area contributed by atoms with Crippen molar-refractivity contribution in [2.45, 2.75) is 136 Å². The maximum absolute atomic E-state index is 12.8. The smallest absolute Gasteiger partial charge is 0.407 e. The van der Waals surface area contributed by atoms with Crippen LogP contribution < -0.4 is 39.2 Å². The Balaban J connectivity index is 0.0000115. The molecule has 48 heavy (non-hydrogen) atoms. The minimum absolute atomic E-state index is 0. The Bertz CT molecular complexity index is 1080. The zero-order chi connectivity index (χ0) is 34.3. The number of nitrogens with zero attached hydrogens (tertiary/aromatic N) is 3. The Hall–Kier alpha value is -2.48. The fourth-order valence-corrected chi connectivity index (χ4v) is 5.80. The standard InChI is InChI=1S/C36H61N5O6.HI/c1-5-7-8-9-10-11-12-13-14-15-16-17-18-22-32(30(3)46-4)38-35(44)47-27-20-25-41-33(42)29-40(36(41)45)26-23-37-34(43)31-21-19-24-39(6-2)28-31;/h19,21,24,28,30,32H,5-18,20,22-23,25-27,29H2,1-4H3,(H-,37,38,43,44);1H. The van der Waals surface area contributed by atoms with Crippen LogP contribution in [0.1, 0.15) is 127 Å². The molecule has 0 spiro atoms. The number of imide groups is 1. The number of aryl methyl sites for hydroxylation is 1. The second-order valence-electron chi connectivity index (χ2n) is 12.6. The highest BCUT2D eigenvalue weighted by Crippen LogP contribution is 2.15. The van der Waals surface area contributed by atoms with Crippen LogP contribution in [0.25, 0.3) is 0 Å². The predicted molar refractivity (Wildman–Crippen MR) is 183 cm³/mol. The van der Waals surface area contributed by atoms with Crippen LogP contribution in [0.2, 0.25) is 0 Å². The van der Waals surface area contributed by atoms with Gasteiger partial charge in [0.05, 0.1) is 18.8 Å². The van der Waals surface area contributed by atoms with Crippen LogP contribution in [0.4, 0.5) is 9.59 Å². The molecule has 0 radical (unpaired) electrons. The molecule has 1 aliphatic rings. The quantitative estimate of drug-likeness (QED) is 0.0646. The zero-order valence-corrected chi connectivity index (χ0v) is 32.1. The van der Waals surface area contributed by atoms with E-state index < -0.39 is 12.1 Å². The summed E-state index contributed by atoms with van der Waals surface area (Å²) >= 11 is 0. The lowest BCUT2D eigenvalue weighted by Gasteiger charge is -2.24. The summed E-state index contributed by atoms with van der Waals surface area (Å²) in [7, 11) is 1.64. The van der Waals surface area contributed by atoms with Crippen molar-refractivity contribution >= 4 is 23.9 Å². The Morgan fingerprint density at radius 2 is 1.54 bits per heavy atom. The van der Waals surface area contributed by atoms with Gasteiger partial charge in [0.2, 0.25) is 5.91 Å². The van der Waals surface area contributed by atoms with E-state index in [1.54, 1.807) is 19.4 Å². The minimum Gasteiger partial charge on any atom is -1.00 e. The number of carbonyl (C=O) groups is 4. The third-order valence-corrected chi connectivity index (χ3v) is 8.90. The number of ether oxygens (including phenoxy) is 2. The maximum atomic E-state index is 12.8. The number of carbonyl (C=O) groups excluding carboxylic acids is 4. The summed E-state index contributed by atoms with van der Waals surface area (Å²) in [5.41, 5.74) is 0.534. The van der Waals surface area contributed by atoms with Gasteiger partial charge in [0, 0.05) is 32.8 Å². The van der Waals surface area contributed by atoms with Crippen LogP contribution in [0.5, 0.6) is 0 Å². The average Bonchev–Trinajstić information content (AvgIpc) is 3.35. The van der Waals surface area contributed by atoms with E-state index in [2.05, 4.69) is 17.6 Å². The molecule has 0 aromatic carbocycles. The van der Waals surface area contributed by atoms with Crippen molar-refractivity contribution in [1.82, 2.24) is 20.4 Å². The van der Waals surface area contributed by atoms with Crippen LogP contribution in [-0.2, 0) is 20.8 Å². The summed E-state index contributed by atoms with van der Waals surface area (Å²) in [4.78, 5) is 52.8. The second kappa shape index (κ2) is 26.4. The number of hydrogen-bond acceptors (Lipinski definition) is 6. The number of halogens is 1. The summed E-state index contributed by atoms with van der Waals surface area (Å²) < 4.78 is 12.8. The number of pyridine rings is 1. The molecule has 2 N–H and O–H groups in total. The summed E-state index contributed by atoms with van der Waals surface area (Å²) in [6.45, 7) is 7.61. The molecular formula is C36H62IN5O6. The summed E-state index contributed by atoms with van der Waals surface area (Å²) in [6, 6.07) is 3.00. The highest BCUT2D eigenvalue weighted by Gasteiger charge is 2.35. The molecule has 12 heteroatoms. The monoisotopic (exact) mass is 787 g/mol. The molecule has 2 atom stereocenters. The van der Waals surface area contributed by atoms with E-state index in [4.69, 9.17) is 9.47 Å². The van der Waals surface area contributed by atoms with E-state index in [-0.39, 0.29) is 80.7 Å². The molecule has 1 aliphatic heterocycles. The molecule has 1 aromatic heterocycles. The minimum atomic E-state index is -0.520. The highest BCUT2D eigenvalue weighted by atomic mass is 127. The lowest BCUT2D eigenvalue weighted by atomic mass is 10.0. The maximum Gasteiger partial charge on any atom is 0.407 e. The molecule has 0 bridgehead atoms. The fraction of sp³-hybridized carbons (Fsp3) is 0.750. The lowest BCUT2D eigenvalue weighted by Crippen LogP contribution is -3.00. The van der Waals surface area contributed by atoms with Crippen LogP contribution in [0.15, 0.2) is 24.5 Å². The van der Waals surface area contributed by atoms with Crippen LogP contribution in [0.3, 0.4) is 0 Å². The number of amides is 5. The number of urea groups is 1. The zero-order valence-electron chi connectivity index (χ0n) is 30.0. The number of rotatable bonds is 26. The molecule has 1 saturated heterocycles. The predicted octanol–water partition coefficient (Wildman–Crippen LogP) is 2.99. The Kier molecular flexibility index (Phi) is 23.9. The molecule has 1 fully saturated rings. The third kappa shape index (κ3) is 17.3. The number of nitrogens with one attached hydrogen (secondary N) is 2. The summed E-state index contributed by atoms with van der Waals surface area (Å²) in [5, 5.41) is 5.74. The van der Waals surface area contributed by atoms with Crippen LogP contribution in [-0.4, -0.2) is 85.8 Å². The largest absolute Gasteiger partial charge is 1.00 e. The van der Waals surface area contributed by atoms with Crippen molar-refractivity contribution in [2.75, 3.05) is 39.9 Å². The van der Waals surface area contributed by atoms with Crippen LogP contribution in [0, 0.1) is 0 Å². The number of unbranched alkanes of at least 4 members (excludes halogenated alkanes) is 12. The van der Waals surface area contributed by atoms with Gasteiger partial charge in [-0.05, 0) is 32.8 Å². The van der Waals surface area contributed by atoms with Crippen molar-refractivity contribution in [3.8, 4) is 0 Å². The Labute approximate surface area is 306 Å². The van der Waals surface area contributed by atoms with Crippen LogP contribution >= 0.6 is 0 Å². The molecule has 0 aliphatic carbocycles. The van der Waals surface area contributed by atoms with Crippen molar-refractivity contribution < 1.29 is 57.2 Å².